The predicted octanol–water partition coefficient (Wildman–Crippen LogP) is 1.55. The van der Waals surface area contributed by atoms with Crippen LogP contribution in [0, 0.1) is 11.2 Å². The lowest BCUT2D eigenvalue weighted by Gasteiger charge is -2.30. The summed E-state index contributed by atoms with van der Waals surface area (Å²) in [7, 11) is 0. The summed E-state index contributed by atoms with van der Waals surface area (Å²) >= 11 is 0. The number of rotatable bonds is 3. The van der Waals surface area contributed by atoms with Gasteiger partial charge in [-0.2, -0.15) is 0 Å². The monoisotopic (exact) mass is 213 g/mol. The molecule has 1 aromatic carbocycles. The average molecular weight is 213 g/mol. The van der Waals surface area contributed by atoms with E-state index >= 15 is 0 Å². The second-order valence-electron chi connectivity index (χ2n) is 4.30. The van der Waals surface area contributed by atoms with Gasteiger partial charge in [0.15, 0.2) is 11.6 Å². The summed E-state index contributed by atoms with van der Waals surface area (Å²) < 4.78 is 13.1. The van der Waals surface area contributed by atoms with Crippen molar-refractivity contribution in [1.82, 2.24) is 0 Å². The van der Waals surface area contributed by atoms with E-state index in [-0.39, 0.29) is 6.61 Å². The third-order valence-corrected chi connectivity index (χ3v) is 2.60. The molecule has 1 rings (SSSR count). The summed E-state index contributed by atoms with van der Waals surface area (Å²) in [5.41, 5.74) is 5.57. The first-order chi connectivity index (χ1) is 6.90. The van der Waals surface area contributed by atoms with Crippen molar-refractivity contribution >= 4 is 0 Å². The highest BCUT2D eigenvalue weighted by molar-refractivity contribution is 5.36. The molecule has 0 radical (unpaired) electrons. The highest BCUT2D eigenvalue weighted by atomic mass is 19.1. The van der Waals surface area contributed by atoms with Crippen LogP contribution in [0.5, 0.6) is 5.75 Å². The SMILES string of the molecule is CC(C)(CO)[C@@H](N)c1cccc(F)c1O. The summed E-state index contributed by atoms with van der Waals surface area (Å²) in [6.45, 7) is 3.37. The second-order valence-corrected chi connectivity index (χ2v) is 4.30. The number of phenolic OH excluding ortho intramolecular Hbond substituents is 1. The fraction of sp³-hybridized carbons (Fsp3) is 0.455. The predicted molar refractivity (Wildman–Crippen MR) is 55.9 cm³/mol. The number of hydrogen-bond acceptors (Lipinski definition) is 3. The molecule has 3 nitrogen and oxygen atoms in total. The zero-order valence-corrected chi connectivity index (χ0v) is 8.87. The number of hydrogen-bond donors (Lipinski definition) is 3. The maximum atomic E-state index is 13.1. The van der Waals surface area contributed by atoms with Crippen molar-refractivity contribution in [3.8, 4) is 5.75 Å². The van der Waals surface area contributed by atoms with Crippen LogP contribution >= 0.6 is 0 Å². The van der Waals surface area contributed by atoms with Crippen molar-refractivity contribution in [3.63, 3.8) is 0 Å². The Bertz CT molecular complexity index is 352. The second kappa shape index (κ2) is 4.16. The van der Waals surface area contributed by atoms with Crippen LogP contribution in [0.4, 0.5) is 4.39 Å². The molecule has 4 N–H and O–H groups in total. The van der Waals surface area contributed by atoms with Crippen LogP contribution < -0.4 is 5.73 Å². The number of aromatic hydroxyl groups is 1. The Morgan fingerprint density at radius 1 is 1.47 bits per heavy atom. The lowest BCUT2D eigenvalue weighted by molar-refractivity contribution is 0.131. The Labute approximate surface area is 88.4 Å². The van der Waals surface area contributed by atoms with Gasteiger partial charge in [0, 0.05) is 23.6 Å². The lowest BCUT2D eigenvalue weighted by atomic mass is 9.81. The minimum absolute atomic E-state index is 0.135. The van der Waals surface area contributed by atoms with Crippen molar-refractivity contribution < 1.29 is 14.6 Å². The van der Waals surface area contributed by atoms with Crippen molar-refractivity contribution in [1.29, 1.82) is 0 Å². The Kier molecular flexibility index (Phi) is 3.31. The highest BCUT2D eigenvalue weighted by Crippen LogP contribution is 2.36. The van der Waals surface area contributed by atoms with Gasteiger partial charge in [-0.15, -0.1) is 0 Å². The van der Waals surface area contributed by atoms with Gasteiger partial charge in [0.05, 0.1) is 0 Å². The fourth-order valence-corrected chi connectivity index (χ4v) is 1.30. The van der Waals surface area contributed by atoms with E-state index in [9.17, 15) is 9.50 Å². The van der Waals surface area contributed by atoms with Crippen LogP contribution in [0.3, 0.4) is 0 Å². The first kappa shape index (κ1) is 11.9. The Morgan fingerprint density at radius 3 is 2.60 bits per heavy atom. The summed E-state index contributed by atoms with van der Waals surface area (Å²) in [5.74, 6) is -1.14. The number of phenols is 1. The van der Waals surface area contributed by atoms with Gasteiger partial charge >= 0.3 is 0 Å². The van der Waals surface area contributed by atoms with Crippen LogP contribution in [0.15, 0.2) is 18.2 Å². The van der Waals surface area contributed by atoms with Crippen molar-refractivity contribution in [2.75, 3.05) is 6.61 Å². The molecule has 0 saturated carbocycles. The number of halogens is 1. The molecule has 0 fully saturated rings. The molecule has 0 heterocycles. The van der Waals surface area contributed by atoms with Gasteiger partial charge in [-0.25, -0.2) is 4.39 Å². The van der Waals surface area contributed by atoms with Gasteiger partial charge in [-0.05, 0) is 6.07 Å². The minimum atomic E-state index is -0.698. The Morgan fingerprint density at radius 2 is 2.07 bits per heavy atom. The molecule has 0 spiro atoms. The van der Waals surface area contributed by atoms with Crippen LogP contribution in [-0.4, -0.2) is 16.8 Å². The first-order valence-corrected chi connectivity index (χ1v) is 4.74. The maximum Gasteiger partial charge on any atom is 0.165 e. The normalized spacial score (nSPS) is 13.9. The third-order valence-electron chi connectivity index (χ3n) is 2.60. The molecule has 1 atom stereocenters. The van der Waals surface area contributed by atoms with E-state index in [2.05, 4.69) is 0 Å². The molecule has 0 aliphatic rings. The van der Waals surface area contributed by atoms with Crippen LogP contribution in [0.1, 0.15) is 25.5 Å². The summed E-state index contributed by atoms with van der Waals surface area (Å²) in [4.78, 5) is 0. The van der Waals surface area contributed by atoms with Gasteiger partial charge in [-0.1, -0.05) is 26.0 Å². The number of para-hydroxylation sites is 1. The lowest BCUT2D eigenvalue weighted by Crippen LogP contribution is -2.32. The van der Waals surface area contributed by atoms with E-state index in [1.165, 1.54) is 6.07 Å². The zero-order chi connectivity index (χ0) is 11.6. The van der Waals surface area contributed by atoms with Crippen LogP contribution in [-0.2, 0) is 0 Å². The summed E-state index contributed by atoms with van der Waals surface area (Å²) in [6, 6.07) is 3.59. The van der Waals surface area contributed by atoms with Crippen LogP contribution in [0.2, 0.25) is 0 Å². The zero-order valence-electron chi connectivity index (χ0n) is 8.87. The highest BCUT2D eigenvalue weighted by Gasteiger charge is 2.29. The van der Waals surface area contributed by atoms with Gasteiger partial charge < -0.3 is 15.9 Å². The maximum absolute atomic E-state index is 13.1. The van der Waals surface area contributed by atoms with E-state index in [1.54, 1.807) is 19.9 Å². The molecule has 0 bridgehead atoms. The molecule has 0 aliphatic heterocycles. The molecule has 0 aromatic heterocycles. The molecule has 84 valence electrons. The fourth-order valence-electron chi connectivity index (χ4n) is 1.30. The Hall–Kier alpha value is -1.13. The smallest absolute Gasteiger partial charge is 0.165 e. The summed E-state index contributed by atoms with van der Waals surface area (Å²) in [6.07, 6.45) is 0. The van der Waals surface area contributed by atoms with E-state index in [4.69, 9.17) is 10.8 Å². The van der Waals surface area contributed by atoms with Crippen molar-refractivity contribution in [2.45, 2.75) is 19.9 Å². The summed E-state index contributed by atoms with van der Waals surface area (Å²) in [5, 5.41) is 18.6. The van der Waals surface area contributed by atoms with Crippen molar-refractivity contribution in [3.05, 3.63) is 29.6 Å². The number of benzene rings is 1. The van der Waals surface area contributed by atoms with E-state index in [0.29, 0.717) is 5.56 Å². The Balaban J connectivity index is 3.12. The molecular weight excluding hydrogens is 197 g/mol. The van der Waals surface area contributed by atoms with E-state index in [0.717, 1.165) is 6.07 Å². The molecule has 0 unspecified atom stereocenters. The standard InChI is InChI=1S/C11H16FNO2/c1-11(2,6-14)10(13)7-4-3-5-8(12)9(7)15/h3-5,10,14-15H,6,13H2,1-2H3/t10-/m0/s1. The van der Waals surface area contributed by atoms with E-state index in [1.807, 2.05) is 0 Å². The average Bonchev–Trinajstić information content (AvgIpc) is 2.21. The number of nitrogens with two attached hydrogens (primary N) is 1. The number of aliphatic hydroxyl groups excluding tert-OH is 1. The molecule has 15 heavy (non-hydrogen) atoms. The first-order valence-electron chi connectivity index (χ1n) is 4.74. The molecule has 0 aliphatic carbocycles. The topological polar surface area (TPSA) is 66.5 Å². The minimum Gasteiger partial charge on any atom is -0.505 e. The molecular formula is C11H16FNO2. The molecule has 0 amide bonds. The molecule has 1 aromatic rings. The molecule has 0 saturated heterocycles. The van der Waals surface area contributed by atoms with Crippen LogP contribution in [0.25, 0.3) is 0 Å². The van der Waals surface area contributed by atoms with Gasteiger partial charge in [0.1, 0.15) is 0 Å². The largest absolute Gasteiger partial charge is 0.505 e. The van der Waals surface area contributed by atoms with Gasteiger partial charge in [0.2, 0.25) is 0 Å². The molecule has 4 heteroatoms. The third kappa shape index (κ3) is 2.27. The van der Waals surface area contributed by atoms with Gasteiger partial charge in [0.25, 0.3) is 0 Å². The van der Waals surface area contributed by atoms with Gasteiger partial charge in [-0.3, -0.25) is 0 Å². The number of aliphatic hydroxyl groups is 1. The van der Waals surface area contributed by atoms with Crippen molar-refractivity contribution in [2.24, 2.45) is 11.1 Å². The quantitative estimate of drug-likeness (QED) is 0.713. The van der Waals surface area contributed by atoms with E-state index < -0.39 is 23.0 Å².